The van der Waals surface area contributed by atoms with E-state index in [9.17, 15) is 5.11 Å². The molecule has 0 aliphatic carbocycles. The summed E-state index contributed by atoms with van der Waals surface area (Å²) in [6, 6.07) is 2.15. The van der Waals surface area contributed by atoms with Crippen LogP contribution in [0.3, 0.4) is 0 Å². The number of nitrogen functional groups attached to an aromatic ring is 1. The number of rotatable bonds is 2. The van der Waals surface area contributed by atoms with Gasteiger partial charge in [-0.05, 0) is 37.8 Å². The Hall–Kier alpha value is -1.29. The molecule has 1 aliphatic rings. The average Bonchev–Trinajstić information content (AvgIpc) is 2.29. The minimum absolute atomic E-state index is 0.200. The fourth-order valence-corrected chi connectivity index (χ4v) is 2.36. The van der Waals surface area contributed by atoms with Gasteiger partial charge in [-0.2, -0.15) is 0 Å². The molecule has 1 atom stereocenters. The molecule has 1 aromatic rings. The van der Waals surface area contributed by atoms with Gasteiger partial charge in [0.25, 0.3) is 0 Å². The Bertz CT molecular complexity index is 367. The van der Waals surface area contributed by atoms with Crippen molar-refractivity contribution in [3.05, 3.63) is 17.8 Å². The fraction of sp³-hybridized carbons (Fsp3) is 0.583. The number of nitrogens with zero attached hydrogens (tertiary/aromatic N) is 2. The summed E-state index contributed by atoms with van der Waals surface area (Å²) in [7, 11) is 0. The highest BCUT2D eigenvalue weighted by Crippen LogP contribution is 2.26. The van der Waals surface area contributed by atoms with E-state index < -0.39 is 0 Å². The van der Waals surface area contributed by atoms with Gasteiger partial charge >= 0.3 is 0 Å². The maximum Gasteiger partial charge on any atom is 0.131 e. The molecule has 3 N–H and O–H groups in total. The van der Waals surface area contributed by atoms with Crippen LogP contribution in [0.15, 0.2) is 12.3 Å². The Morgan fingerprint density at radius 2 is 2.38 bits per heavy atom. The van der Waals surface area contributed by atoms with E-state index in [1.54, 1.807) is 6.20 Å². The molecule has 1 fully saturated rings. The first kappa shape index (κ1) is 11.2. The van der Waals surface area contributed by atoms with Gasteiger partial charge in [-0.25, -0.2) is 4.98 Å². The number of piperidine rings is 1. The molecule has 0 aromatic carbocycles. The third-order valence-electron chi connectivity index (χ3n) is 3.18. The first-order chi connectivity index (χ1) is 7.72. The second kappa shape index (κ2) is 4.70. The number of anilines is 2. The molecule has 0 spiro atoms. The summed E-state index contributed by atoms with van der Waals surface area (Å²) in [6.07, 6.45) is 5.09. The Labute approximate surface area is 96.1 Å². The summed E-state index contributed by atoms with van der Waals surface area (Å²) in [5.41, 5.74) is 7.47. The van der Waals surface area contributed by atoms with Gasteiger partial charge in [-0.3, -0.25) is 0 Å². The largest absolute Gasteiger partial charge is 0.397 e. The molecule has 1 aromatic heterocycles. The number of hydrogen-bond acceptors (Lipinski definition) is 4. The first-order valence-corrected chi connectivity index (χ1v) is 5.82. The van der Waals surface area contributed by atoms with Gasteiger partial charge in [-0.1, -0.05) is 0 Å². The van der Waals surface area contributed by atoms with Gasteiger partial charge in [0.2, 0.25) is 0 Å². The van der Waals surface area contributed by atoms with Crippen molar-refractivity contribution < 1.29 is 5.11 Å². The molecule has 1 unspecified atom stereocenters. The van der Waals surface area contributed by atoms with Crippen LogP contribution in [-0.4, -0.2) is 29.3 Å². The van der Waals surface area contributed by atoms with Crippen molar-refractivity contribution in [2.24, 2.45) is 0 Å². The number of aliphatic hydroxyl groups excluding tert-OH is 1. The van der Waals surface area contributed by atoms with Crippen molar-refractivity contribution >= 4 is 11.5 Å². The maximum atomic E-state index is 9.37. The van der Waals surface area contributed by atoms with Gasteiger partial charge in [0.05, 0.1) is 24.5 Å². The highest BCUT2D eigenvalue weighted by atomic mass is 16.3. The molecule has 1 saturated heterocycles. The highest BCUT2D eigenvalue weighted by Gasteiger charge is 2.23. The van der Waals surface area contributed by atoms with Gasteiger partial charge in [-0.15, -0.1) is 0 Å². The summed E-state index contributed by atoms with van der Waals surface area (Å²) < 4.78 is 0. The van der Waals surface area contributed by atoms with Crippen LogP contribution in [-0.2, 0) is 0 Å². The number of hydrogen-bond donors (Lipinski definition) is 2. The predicted molar refractivity (Wildman–Crippen MR) is 65.5 cm³/mol. The molecule has 16 heavy (non-hydrogen) atoms. The van der Waals surface area contributed by atoms with Crippen LogP contribution in [0.2, 0.25) is 0 Å². The molecule has 2 heterocycles. The number of nitrogens with two attached hydrogens (primary N) is 1. The Morgan fingerprint density at radius 1 is 1.56 bits per heavy atom. The van der Waals surface area contributed by atoms with E-state index in [1.807, 2.05) is 13.0 Å². The van der Waals surface area contributed by atoms with Gasteiger partial charge in [0.15, 0.2) is 0 Å². The lowest BCUT2D eigenvalue weighted by atomic mass is 10.0. The van der Waals surface area contributed by atoms with E-state index in [2.05, 4.69) is 9.88 Å². The van der Waals surface area contributed by atoms with Crippen molar-refractivity contribution in [1.29, 1.82) is 0 Å². The van der Waals surface area contributed by atoms with Crippen LogP contribution < -0.4 is 10.6 Å². The van der Waals surface area contributed by atoms with Crippen LogP contribution in [0.4, 0.5) is 11.5 Å². The van der Waals surface area contributed by atoms with Crippen LogP contribution in [0, 0.1) is 6.92 Å². The quantitative estimate of drug-likeness (QED) is 0.790. The smallest absolute Gasteiger partial charge is 0.131 e. The molecule has 0 saturated carbocycles. The molecular weight excluding hydrogens is 202 g/mol. The highest BCUT2D eigenvalue weighted by molar-refractivity contribution is 5.53. The van der Waals surface area contributed by atoms with E-state index >= 15 is 0 Å². The molecule has 0 amide bonds. The lowest BCUT2D eigenvalue weighted by Gasteiger charge is -2.36. The molecule has 88 valence electrons. The van der Waals surface area contributed by atoms with Crippen LogP contribution in [0.1, 0.15) is 24.8 Å². The maximum absolute atomic E-state index is 9.37. The van der Waals surface area contributed by atoms with Crippen molar-refractivity contribution in [3.8, 4) is 0 Å². The Kier molecular flexibility index (Phi) is 3.29. The normalized spacial score (nSPS) is 21.1. The van der Waals surface area contributed by atoms with Crippen molar-refractivity contribution in [1.82, 2.24) is 4.98 Å². The van der Waals surface area contributed by atoms with Crippen molar-refractivity contribution in [2.45, 2.75) is 32.2 Å². The van der Waals surface area contributed by atoms with Crippen LogP contribution in [0.25, 0.3) is 0 Å². The minimum atomic E-state index is 0.200. The van der Waals surface area contributed by atoms with E-state index in [1.165, 1.54) is 12.8 Å². The predicted octanol–water partition coefficient (Wildman–Crippen LogP) is 1.32. The molecular formula is C12H19N3O. The monoisotopic (exact) mass is 221 g/mol. The summed E-state index contributed by atoms with van der Waals surface area (Å²) in [5.74, 6) is 0.966. The number of pyridine rings is 1. The van der Waals surface area contributed by atoms with Crippen molar-refractivity contribution in [3.63, 3.8) is 0 Å². The standard InChI is InChI=1S/C12H19N3O/c1-9-6-10(13)7-14-12(9)15-5-3-2-4-11(15)8-16/h6-7,11,16H,2-5,8,13H2,1H3. The minimum Gasteiger partial charge on any atom is -0.397 e. The Morgan fingerprint density at radius 3 is 3.06 bits per heavy atom. The second-order valence-electron chi connectivity index (χ2n) is 4.43. The lowest BCUT2D eigenvalue weighted by molar-refractivity contribution is 0.239. The van der Waals surface area contributed by atoms with E-state index in [0.717, 1.165) is 24.3 Å². The third-order valence-corrected chi connectivity index (χ3v) is 3.18. The summed E-state index contributed by atoms with van der Waals surface area (Å²) in [6.45, 7) is 3.19. The van der Waals surface area contributed by atoms with Gasteiger partial charge in [0.1, 0.15) is 5.82 Å². The topological polar surface area (TPSA) is 62.4 Å². The lowest BCUT2D eigenvalue weighted by Crippen LogP contribution is -2.42. The van der Waals surface area contributed by atoms with E-state index in [4.69, 9.17) is 5.73 Å². The van der Waals surface area contributed by atoms with Crippen LogP contribution >= 0.6 is 0 Å². The Balaban J connectivity index is 2.27. The molecule has 4 nitrogen and oxygen atoms in total. The molecule has 0 bridgehead atoms. The van der Waals surface area contributed by atoms with E-state index in [0.29, 0.717) is 5.69 Å². The number of aryl methyl sites for hydroxylation is 1. The first-order valence-electron chi connectivity index (χ1n) is 5.82. The number of aromatic nitrogens is 1. The zero-order chi connectivity index (χ0) is 11.5. The summed E-state index contributed by atoms with van der Waals surface area (Å²) in [4.78, 5) is 6.60. The average molecular weight is 221 g/mol. The molecule has 1 aliphatic heterocycles. The fourth-order valence-electron chi connectivity index (χ4n) is 2.36. The zero-order valence-electron chi connectivity index (χ0n) is 9.69. The molecule has 4 heteroatoms. The number of aliphatic hydroxyl groups is 1. The van der Waals surface area contributed by atoms with Gasteiger partial charge in [0, 0.05) is 6.54 Å². The molecule has 2 rings (SSSR count). The molecule has 0 radical (unpaired) electrons. The van der Waals surface area contributed by atoms with Gasteiger partial charge < -0.3 is 15.7 Å². The zero-order valence-corrected chi connectivity index (χ0v) is 9.69. The summed E-state index contributed by atoms with van der Waals surface area (Å²) >= 11 is 0. The third kappa shape index (κ3) is 2.11. The van der Waals surface area contributed by atoms with Crippen LogP contribution in [0.5, 0.6) is 0 Å². The second-order valence-corrected chi connectivity index (χ2v) is 4.43. The summed E-state index contributed by atoms with van der Waals surface area (Å²) in [5, 5.41) is 9.37. The SMILES string of the molecule is Cc1cc(N)cnc1N1CCCCC1CO. The van der Waals surface area contributed by atoms with Crippen molar-refractivity contribution in [2.75, 3.05) is 23.8 Å². The van der Waals surface area contributed by atoms with E-state index in [-0.39, 0.29) is 12.6 Å².